The van der Waals surface area contributed by atoms with Gasteiger partial charge < -0.3 is 14.6 Å². The van der Waals surface area contributed by atoms with E-state index >= 15 is 0 Å². The van der Waals surface area contributed by atoms with Crippen LogP contribution in [0.1, 0.15) is 40.3 Å². The van der Waals surface area contributed by atoms with Gasteiger partial charge in [-0.1, -0.05) is 31.2 Å². The lowest BCUT2D eigenvalue weighted by atomic mass is 10.1. The maximum atomic E-state index is 12.9. The van der Waals surface area contributed by atoms with Crippen LogP contribution >= 0.6 is 11.9 Å². The Morgan fingerprint density at radius 2 is 1.94 bits per heavy atom. The van der Waals surface area contributed by atoms with Crippen LogP contribution in [-0.4, -0.2) is 53.2 Å². The van der Waals surface area contributed by atoms with Crippen LogP contribution in [0.2, 0.25) is 0 Å². The molecule has 2 aromatic heterocycles. The second-order valence-corrected chi connectivity index (χ2v) is 9.40. The van der Waals surface area contributed by atoms with E-state index in [4.69, 9.17) is 4.74 Å². The molecule has 2 aliphatic heterocycles. The van der Waals surface area contributed by atoms with E-state index in [0.29, 0.717) is 56.6 Å². The Balaban J connectivity index is 1.23. The number of carbonyl (C=O) groups excluding carboxylic acids is 1. The lowest BCUT2D eigenvalue weighted by Crippen LogP contribution is -2.31. The number of benzene rings is 1. The van der Waals surface area contributed by atoms with Gasteiger partial charge in [-0.2, -0.15) is 18.3 Å². The third-order valence-electron chi connectivity index (χ3n) is 5.88. The molecule has 0 radical (unpaired) electrons. The smallest absolute Gasteiger partial charge is 0.372 e. The third-order valence-corrected chi connectivity index (χ3v) is 6.66. The molecule has 0 atom stereocenters. The number of aromatic nitrogens is 5. The predicted octanol–water partition coefficient (Wildman–Crippen LogP) is 3.15. The number of nitrogens with zero attached hydrogens (tertiary/aromatic N) is 6. The van der Waals surface area contributed by atoms with Crippen molar-refractivity contribution in [3.63, 3.8) is 0 Å². The van der Waals surface area contributed by atoms with E-state index < -0.39 is 5.51 Å². The van der Waals surface area contributed by atoms with Gasteiger partial charge in [-0.3, -0.25) is 4.79 Å². The fourth-order valence-electron chi connectivity index (χ4n) is 4.22. The first-order chi connectivity index (χ1) is 16.8. The summed E-state index contributed by atoms with van der Waals surface area (Å²) in [7, 11) is 0. The molecular formula is C22H24F3N7O2S. The second kappa shape index (κ2) is 9.63. The van der Waals surface area contributed by atoms with E-state index in [9.17, 15) is 18.0 Å². The largest absolute Gasteiger partial charge is 0.456 e. The SMILES string of the molecule is CCc1nc2n(c1C(=O)NCc1ccc(-c3nc4n(n3)CCN(SC(F)(F)F)C4)cc1)CCOC2. The number of alkyl halides is 3. The van der Waals surface area contributed by atoms with Crippen molar-refractivity contribution >= 4 is 17.9 Å². The summed E-state index contributed by atoms with van der Waals surface area (Å²) in [4.78, 5) is 21.9. The van der Waals surface area contributed by atoms with Crippen molar-refractivity contribution < 1.29 is 22.7 Å². The Bertz CT molecular complexity index is 1220. The van der Waals surface area contributed by atoms with Crippen LogP contribution in [0.4, 0.5) is 13.2 Å². The van der Waals surface area contributed by atoms with Crippen molar-refractivity contribution in [3.8, 4) is 11.4 Å². The molecule has 1 aromatic carbocycles. The zero-order valence-electron chi connectivity index (χ0n) is 19.0. The lowest BCUT2D eigenvalue weighted by Gasteiger charge is -2.25. The molecule has 0 bridgehead atoms. The molecule has 13 heteroatoms. The molecule has 0 aliphatic carbocycles. The summed E-state index contributed by atoms with van der Waals surface area (Å²) in [5, 5.41) is 7.42. The number of rotatable bonds is 6. The summed E-state index contributed by atoms with van der Waals surface area (Å²) in [5.41, 5.74) is -1.30. The number of hydrogen-bond acceptors (Lipinski definition) is 7. The minimum Gasteiger partial charge on any atom is -0.372 e. The number of hydrogen-bond donors (Lipinski definition) is 1. The lowest BCUT2D eigenvalue weighted by molar-refractivity contribution is -0.0367. The number of nitrogens with one attached hydrogen (secondary N) is 1. The van der Waals surface area contributed by atoms with Gasteiger partial charge in [-0.25, -0.2) is 19.0 Å². The van der Waals surface area contributed by atoms with E-state index in [0.717, 1.165) is 22.6 Å². The molecule has 9 nitrogen and oxygen atoms in total. The molecule has 35 heavy (non-hydrogen) atoms. The highest BCUT2D eigenvalue weighted by Crippen LogP contribution is 2.35. The summed E-state index contributed by atoms with van der Waals surface area (Å²) in [6.07, 6.45) is 0.658. The van der Waals surface area contributed by atoms with Crippen LogP contribution < -0.4 is 5.32 Å². The van der Waals surface area contributed by atoms with Crippen molar-refractivity contribution in [1.29, 1.82) is 0 Å². The van der Waals surface area contributed by atoms with Crippen molar-refractivity contribution in [2.45, 2.75) is 51.6 Å². The van der Waals surface area contributed by atoms with E-state index in [-0.39, 0.29) is 30.9 Å². The molecule has 0 unspecified atom stereocenters. The van der Waals surface area contributed by atoms with E-state index in [1.54, 1.807) is 4.68 Å². The Morgan fingerprint density at radius 3 is 2.69 bits per heavy atom. The Hall–Kier alpha value is -2.90. The quantitative estimate of drug-likeness (QED) is 0.513. The van der Waals surface area contributed by atoms with Gasteiger partial charge in [0.2, 0.25) is 0 Å². The molecule has 0 saturated carbocycles. The van der Waals surface area contributed by atoms with Crippen LogP contribution in [0.15, 0.2) is 24.3 Å². The fourth-order valence-corrected chi connectivity index (χ4v) is 4.87. The molecule has 2 aliphatic rings. The molecule has 0 spiro atoms. The standard InChI is InChI=1S/C22H24F3N7O2S/c1-2-16-19(31-9-10-34-13-18(31)27-16)21(33)26-11-14-3-5-15(6-4-14)20-28-17-12-30(35-22(23,24)25)7-8-32(17)29-20/h3-6H,2,7-13H2,1H3,(H,26,33). The summed E-state index contributed by atoms with van der Waals surface area (Å²) in [6, 6.07) is 7.45. The minimum absolute atomic E-state index is 0.0749. The first-order valence-electron chi connectivity index (χ1n) is 11.3. The molecule has 5 rings (SSSR count). The Kier molecular flexibility index (Phi) is 6.55. The molecule has 186 valence electrons. The van der Waals surface area contributed by atoms with E-state index in [2.05, 4.69) is 20.4 Å². The normalized spacial score (nSPS) is 16.1. The van der Waals surface area contributed by atoms with Gasteiger partial charge in [0.05, 0.1) is 25.4 Å². The average Bonchev–Trinajstić information content (AvgIpc) is 3.43. The molecule has 3 aromatic rings. The van der Waals surface area contributed by atoms with Gasteiger partial charge in [-0.05, 0) is 12.0 Å². The maximum Gasteiger partial charge on any atom is 0.456 e. The van der Waals surface area contributed by atoms with Gasteiger partial charge in [0.15, 0.2) is 5.82 Å². The van der Waals surface area contributed by atoms with Gasteiger partial charge in [0.1, 0.15) is 23.9 Å². The van der Waals surface area contributed by atoms with Gasteiger partial charge in [-0.15, -0.1) is 0 Å². The minimum atomic E-state index is -4.32. The zero-order valence-corrected chi connectivity index (χ0v) is 19.8. The van der Waals surface area contributed by atoms with Crippen molar-refractivity contribution in [3.05, 3.63) is 52.9 Å². The van der Waals surface area contributed by atoms with Crippen molar-refractivity contribution in [2.24, 2.45) is 0 Å². The highest BCUT2D eigenvalue weighted by Gasteiger charge is 2.34. The maximum absolute atomic E-state index is 12.9. The fraction of sp³-hybridized carbons (Fsp3) is 0.455. The summed E-state index contributed by atoms with van der Waals surface area (Å²) in [5.74, 6) is 1.57. The number of imidazole rings is 1. The average molecular weight is 508 g/mol. The van der Waals surface area contributed by atoms with Crippen molar-refractivity contribution in [1.82, 2.24) is 33.9 Å². The van der Waals surface area contributed by atoms with Gasteiger partial charge >= 0.3 is 5.51 Å². The number of halogens is 3. The second-order valence-electron chi connectivity index (χ2n) is 8.24. The van der Waals surface area contributed by atoms with Gasteiger partial charge in [0, 0.05) is 37.1 Å². The van der Waals surface area contributed by atoms with Crippen molar-refractivity contribution in [2.75, 3.05) is 13.2 Å². The van der Waals surface area contributed by atoms with Crippen LogP contribution in [-0.2, 0) is 43.9 Å². The molecular weight excluding hydrogens is 483 g/mol. The Labute approximate surface area is 203 Å². The summed E-state index contributed by atoms with van der Waals surface area (Å²) < 4.78 is 48.3. The molecule has 1 amide bonds. The molecule has 1 N–H and O–H groups in total. The van der Waals surface area contributed by atoms with E-state index in [1.807, 2.05) is 35.8 Å². The first-order valence-corrected chi connectivity index (χ1v) is 12.1. The van der Waals surface area contributed by atoms with Crippen LogP contribution in [0.25, 0.3) is 11.4 Å². The number of carbonyl (C=O) groups is 1. The predicted molar refractivity (Wildman–Crippen MR) is 122 cm³/mol. The third kappa shape index (κ3) is 5.21. The zero-order chi connectivity index (χ0) is 24.6. The van der Waals surface area contributed by atoms with E-state index in [1.165, 1.54) is 4.31 Å². The number of aryl methyl sites for hydroxylation is 1. The highest BCUT2D eigenvalue weighted by molar-refractivity contribution is 7.97. The first kappa shape index (κ1) is 23.8. The molecule has 4 heterocycles. The van der Waals surface area contributed by atoms with Crippen LogP contribution in [0.3, 0.4) is 0 Å². The summed E-state index contributed by atoms with van der Waals surface area (Å²) in [6.45, 7) is 4.55. The van der Waals surface area contributed by atoms with Crippen LogP contribution in [0.5, 0.6) is 0 Å². The number of ether oxygens (including phenoxy) is 1. The topological polar surface area (TPSA) is 90.1 Å². The highest BCUT2D eigenvalue weighted by atomic mass is 32.2. The van der Waals surface area contributed by atoms with Crippen LogP contribution in [0, 0.1) is 0 Å². The molecule has 0 saturated heterocycles. The summed E-state index contributed by atoms with van der Waals surface area (Å²) >= 11 is -0.129. The number of amides is 1. The molecule has 0 fully saturated rings. The Morgan fingerprint density at radius 1 is 1.14 bits per heavy atom. The number of fused-ring (bicyclic) bond motifs is 2. The monoisotopic (exact) mass is 507 g/mol. The van der Waals surface area contributed by atoms with Gasteiger partial charge in [0.25, 0.3) is 5.91 Å².